The third-order valence-electron chi connectivity index (χ3n) is 6.24. The number of hydrogen-bond acceptors (Lipinski definition) is 4. The highest BCUT2D eigenvalue weighted by atomic mass is 19.1. The van der Waals surface area contributed by atoms with Gasteiger partial charge in [0.25, 0.3) is 5.56 Å². The van der Waals surface area contributed by atoms with E-state index in [2.05, 4.69) is 5.32 Å². The van der Waals surface area contributed by atoms with E-state index in [0.717, 1.165) is 22.2 Å². The Morgan fingerprint density at radius 3 is 2.29 bits per heavy atom. The quantitative estimate of drug-likeness (QED) is 0.483. The second-order valence-electron chi connectivity index (χ2n) is 8.56. The van der Waals surface area contributed by atoms with Crippen molar-refractivity contribution in [2.45, 2.75) is 13.1 Å². The Bertz CT molecular complexity index is 1380. The average Bonchev–Trinajstić information content (AvgIpc) is 2.90. The summed E-state index contributed by atoms with van der Waals surface area (Å²) < 4.78 is 14.8. The van der Waals surface area contributed by atoms with Crippen LogP contribution in [0.1, 0.15) is 11.1 Å². The smallest absolute Gasteiger partial charge is 0.317 e. The van der Waals surface area contributed by atoms with Gasteiger partial charge in [0.1, 0.15) is 5.82 Å². The van der Waals surface area contributed by atoms with E-state index in [1.165, 1.54) is 12.1 Å². The molecule has 0 spiro atoms. The van der Waals surface area contributed by atoms with Crippen LogP contribution in [0, 0.1) is 5.82 Å². The Morgan fingerprint density at radius 2 is 1.54 bits per heavy atom. The zero-order chi connectivity index (χ0) is 24.2. The van der Waals surface area contributed by atoms with Gasteiger partial charge in [0, 0.05) is 32.7 Å². The van der Waals surface area contributed by atoms with E-state index >= 15 is 0 Å². The lowest BCUT2D eigenvalue weighted by Gasteiger charge is -2.35. The third-order valence-corrected chi connectivity index (χ3v) is 6.24. The second kappa shape index (κ2) is 9.97. The van der Waals surface area contributed by atoms with Crippen LogP contribution >= 0.6 is 0 Å². The number of nitrogens with zero attached hydrogens (tertiary/aromatic N) is 4. The number of rotatable bonds is 5. The van der Waals surface area contributed by atoms with Crippen LogP contribution in [0.4, 0.5) is 15.0 Å². The molecular formula is C27H26FN5O2. The number of nitrogens with one attached hydrogen (secondary N) is 1. The molecule has 0 saturated carbocycles. The molecule has 0 atom stereocenters. The number of carbonyl (C=O) groups excluding carboxylic acids is 1. The number of halogens is 1. The second-order valence-corrected chi connectivity index (χ2v) is 8.56. The van der Waals surface area contributed by atoms with Crippen molar-refractivity contribution in [2.24, 2.45) is 0 Å². The number of aromatic nitrogens is 2. The van der Waals surface area contributed by atoms with Crippen molar-refractivity contribution in [2.75, 3.05) is 31.1 Å². The van der Waals surface area contributed by atoms with Crippen molar-refractivity contribution < 1.29 is 9.18 Å². The summed E-state index contributed by atoms with van der Waals surface area (Å²) in [5, 5.41) is 2.88. The molecular weight excluding hydrogens is 445 g/mol. The predicted octanol–water partition coefficient (Wildman–Crippen LogP) is 3.62. The number of fused-ring (bicyclic) bond motifs is 1. The van der Waals surface area contributed by atoms with Crippen LogP contribution in [0.2, 0.25) is 0 Å². The minimum atomic E-state index is -0.304. The molecule has 7 nitrogen and oxygen atoms in total. The van der Waals surface area contributed by atoms with E-state index in [1.54, 1.807) is 21.6 Å². The highest BCUT2D eigenvalue weighted by Crippen LogP contribution is 2.17. The van der Waals surface area contributed by atoms with Crippen molar-refractivity contribution >= 4 is 22.9 Å². The fraction of sp³-hybridized carbons (Fsp3) is 0.222. The first-order valence-electron chi connectivity index (χ1n) is 11.6. The zero-order valence-corrected chi connectivity index (χ0v) is 19.2. The molecule has 178 valence electrons. The van der Waals surface area contributed by atoms with Gasteiger partial charge in [-0.2, -0.15) is 0 Å². The van der Waals surface area contributed by atoms with Gasteiger partial charge in [-0.05, 0) is 35.4 Å². The maximum atomic E-state index is 13.5. The van der Waals surface area contributed by atoms with Crippen LogP contribution in [0.25, 0.3) is 11.0 Å². The molecule has 2 heterocycles. The molecule has 0 bridgehead atoms. The molecule has 35 heavy (non-hydrogen) atoms. The summed E-state index contributed by atoms with van der Waals surface area (Å²) in [6.07, 6.45) is 0. The van der Waals surface area contributed by atoms with Crippen molar-refractivity contribution in [1.29, 1.82) is 0 Å². The lowest BCUT2D eigenvalue weighted by molar-refractivity contribution is 0.193. The fourth-order valence-corrected chi connectivity index (χ4v) is 4.32. The molecule has 0 aliphatic carbocycles. The van der Waals surface area contributed by atoms with Crippen LogP contribution in [0.15, 0.2) is 83.7 Å². The minimum Gasteiger partial charge on any atom is -0.348 e. The van der Waals surface area contributed by atoms with E-state index in [4.69, 9.17) is 4.98 Å². The molecule has 0 radical (unpaired) electrons. The number of benzene rings is 3. The van der Waals surface area contributed by atoms with Gasteiger partial charge in [0.2, 0.25) is 0 Å². The minimum absolute atomic E-state index is 0.137. The summed E-state index contributed by atoms with van der Waals surface area (Å²) in [5.74, 6) is 0.104. The SMILES string of the molecule is O=C(NCc1ccc(F)cc1)N1CCN(c2nc3ccccc3n(Cc3ccccc3)c2=O)CC1. The fourth-order valence-electron chi connectivity index (χ4n) is 4.32. The van der Waals surface area contributed by atoms with Crippen molar-refractivity contribution in [3.8, 4) is 0 Å². The summed E-state index contributed by atoms with van der Waals surface area (Å²) in [6, 6.07) is 23.4. The molecule has 2 amide bonds. The zero-order valence-electron chi connectivity index (χ0n) is 19.2. The normalized spacial score (nSPS) is 13.7. The number of urea groups is 1. The molecule has 3 aromatic carbocycles. The van der Waals surface area contributed by atoms with Gasteiger partial charge in [-0.3, -0.25) is 9.36 Å². The van der Waals surface area contributed by atoms with Gasteiger partial charge < -0.3 is 15.1 Å². The van der Waals surface area contributed by atoms with Gasteiger partial charge in [-0.15, -0.1) is 0 Å². The van der Waals surface area contributed by atoms with E-state index in [9.17, 15) is 14.0 Å². The number of anilines is 1. The highest BCUT2D eigenvalue weighted by molar-refractivity contribution is 5.77. The molecule has 1 N–H and O–H groups in total. The molecule has 1 aliphatic rings. The molecule has 5 rings (SSSR count). The van der Waals surface area contributed by atoms with Gasteiger partial charge in [0.05, 0.1) is 17.6 Å². The Hall–Kier alpha value is -4.20. The third kappa shape index (κ3) is 5.01. The lowest BCUT2D eigenvalue weighted by atomic mass is 10.2. The van der Waals surface area contributed by atoms with Crippen LogP contribution in [0.3, 0.4) is 0 Å². The van der Waals surface area contributed by atoms with E-state index in [0.29, 0.717) is 45.1 Å². The van der Waals surface area contributed by atoms with Gasteiger partial charge in [-0.1, -0.05) is 54.6 Å². The average molecular weight is 472 g/mol. The van der Waals surface area contributed by atoms with Crippen molar-refractivity contribution in [3.63, 3.8) is 0 Å². The van der Waals surface area contributed by atoms with Crippen LogP contribution in [0.5, 0.6) is 0 Å². The van der Waals surface area contributed by atoms with Gasteiger partial charge in [0.15, 0.2) is 5.82 Å². The molecule has 8 heteroatoms. The molecule has 1 saturated heterocycles. The molecule has 1 fully saturated rings. The number of piperazine rings is 1. The van der Waals surface area contributed by atoms with E-state index in [1.807, 2.05) is 59.5 Å². The summed E-state index contributed by atoms with van der Waals surface area (Å²) in [7, 11) is 0. The van der Waals surface area contributed by atoms with Crippen molar-refractivity contribution in [1.82, 2.24) is 19.8 Å². The maximum absolute atomic E-state index is 13.5. The summed E-state index contributed by atoms with van der Waals surface area (Å²) >= 11 is 0. The van der Waals surface area contributed by atoms with E-state index < -0.39 is 0 Å². The Labute approximate surface area is 202 Å². The first-order valence-corrected chi connectivity index (χ1v) is 11.6. The number of para-hydroxylation sites is 2. The van der Waals surface area contributed by atoms with Crippen LogP contribution in [-0.4, -0.2) is 46.7 Å². The highest BCUT2D eigenvalue weighted by Gasteiger charge is 2.24. The maximum Gasteiger partial charge on any atom is 0.317 e. The van der Waals surface area contributed by atoms with Crippen molar-refractivity contribution in [3.05, 3.63) is 106 Å². The summed E-state index contributed by atoms with van der Waals surface area (Å²) in [6.45, 7) is 2.76. The van der Waals surface area contributed by atoms with E-state index in [-0.39, 0.29) is 17.4 Å². The Morgan fingerprint density at radius 1 is 0.857 bits per heavy atom. The first kappa shape index (κ1) is 22.6. The summed E-state index contributed by atoms with van der Waals surface area (Å²) in [5.41, 5.74) is 3.29. The van der Waals surface area contributed by atoms with Gasteiger partial charge >= 0.3 is 6.03 Å². The first-order chi connectivity index (χ1) is 17.1. The topological polar surface area (TPSA) is 70.5 Å². The monoisotopic (exact) mass is 471 g/mol. The number of amides is 2. The standard InChI is InChI=1S/C27H26FN5O2/c28-22-12-10-20(11-13-22)18-29-27(35)32-16-14-31(15-17-32)25-26(34)33(19-21-6-2-1-3-7-21)24-9-5-4-8-23(24)30-25/h1-13H,14-19H2,(H,29,35). The number of hydrogen-bond donors (Lipinski definition) is 1. The molecule has 1 aromatic heterocycles. The Balaban J connectivity index is 1.30. The molecule has 1 aliphatic heterocycles. The molecule has 4 aromatic rings. The largest absolute Gasteiger partial charge is 0.348 e. The number of carbonyl (C=O) groups is 1. The van der Waals surface area contributed by atoms with Crippen LogP contribution < -0.4 is 15.8 Å². The summed E-state index contributed by atoms with van der Waals surface area (Å²) in [4.78, 5) is 34.5. The van der Waals surface area contributed by atoms with Crippen LogP contribution in [-0.2, 0) is 13.1 Å². The Kier molecular flexibility index (Phi) is 6.43. The molecule has 0 unspecified atom stereocenters. The lowest BCUT2D eigenvalue weighted by Crippen LogP contribution is -2.53. The predicted molar refractivity (Wildman–Crippen MR) is 134 cm³/mol. The van der Waals surface area contributed by atoms with Gasteiger partial charge in [-0.25, -0.2) is 14.2 Å².